The maximum atomic E-state index is 11.6. The van der Waals surface area contributed by atoms with Gasteiger partial charge in [0.2, 0.25) is 0 Å². The van der Waals surface area contributed by atoms with Gasteiger partial charge in [-0.1, -0.05) is 19.1 Å². The first kappa shape index (κ1) is 12.6. The predicted octanol–water partition coefficient (Wildman–Crippen LogP) is 3.22. The first-order valence-corrected chi connectivity index (χ1v) is 6.71. The maximum absolute atomic E-state index is 11.6. The quantitative estimate of drug-likeness (QED) is 0.592. The van der Waals surface area contributed by atoms with Crippen LogP contribution in [0.25, 0.3) is 0 Å². The van der Waals surface area contributed by atoms with Crippen molar-refractivity contribution in [3.8, 4) is 0 Å². The lowest BCUT2D eigenvalue weighted by Gasteiger charge is -2.12. The van der Waals surface area contributed by atoms with E-state index in [0.717, 1.165) is 31.6 Å². The molecule has 0 fully saturated rings. The number of nitrogens with zero attached hydrogens (tertiary/aromatic N) is 1. The third-order valence-electron chi connectivity index (χ3n) is 3.25. The summed E-state index contributed by atoms with van der Waals surface area (Å²) in [7, 11) is 0. The number of alkyl halides is 1. The first-order valence-electron chi connectivity index (χ1n) is 6.18. The van der Waals surface area contributed by atoms with E-state index in [1.54, 1.807) is 0 Å². The van der Waals surface area contributed by atoms with Crippen molar-refractivity contribution in [2.24, 2.45) is 0 Å². The third kappa shape index (κ3) is 2.88. The lowest BCUT2D eigenvalue weighted by Crippen LogP contribution is -2.17. The Labute approximate surface area is 108 Å². The molecule has 2 nitrogen and oxygen atoms in total. The standard InChI is InChI=1S/C14H18ClNO/c1-2-14(17)11-4-5-12-9-16(7-3-6-15)10-13(12)8-11/h4-5,8H,2-3,6-7,9-10H2,1H3. The van der Waals surface area contributed by atoms with E-state index < -0.39 is 0 Å². The van der Waals surface area contributed by atoms with Gasteiger partial charge in [0, 0.05) is 31.0 Å². The molecule has 1 aliphatic rings. The lowest BCUT2D eigenvalue weighted by molar-refractivity contribution is 0.0988. The summed E-state index contributed by atoms with van der Waals surface area (Å²) in [6, 6.07) is 6.11. The summed E-state index contributed by atoms with van der Waals surface area (Å²) in [5, 5.41) is 0. The minimum absolute atomic E-state index is 0.229. The topological polar surface area (TPSA) is 20.3 Å². The Hall–Kier alpha value is -0.860. The van der Waals surface area contributed by atoms with Crippen molar-refractivity contribution in [2.45, 2.75) is 32.9 Å². The van der Waals surface area contributed by atoms with Crippen LogP contribution in [0.15, 0.2) is 18.2 Å². The van der Waals surface area contributed by atoms with E-state index in [9.17, 15) is 4.79 Å². The fraction of sp³-hybridized carbons (Fsp3) is 0.500. The molecule has 17 heavy (non-hydrogen) atoms. The molecule has 0 spiro atoms. The molecular formula is C14H18ClNO. The molecule has 0 saturated carbocycles. The molecule has 1 heterocycles. The van der Waals surface area contributed by atoms with Crippen LogP contribution in [0, 0.1) is 0 Å². The summed E-state index contributed by atoms with van der Waals surface area (Å²) in [6.07, 6.45) is 1.60. The van der Waals surface area contributed by atoms with Gasteiger partial charge in [-0.25, -0.2) is 0 Å². The monoisotopic (exact) mass is 251 g/mol. The number of fused-ring (bicyclic) bond motifs is 1. The molecule has 0 saturated heterocycles. The second-order valence-electron chi connectivity index (χ2n) is 4.51. The number of hydrogen-bond donors (Lipinski definition) is 0. The largest absolute Gasteiger partial charge is 0.295 e. The van der Waals surface area contributed by atoms with Gasteiger partial charge in [0.25, 0.3) is 0 Å². The summed E-state index contributed by atoms with van der Waals surface area (Å²) in [5.74, 6) is 0.943. The van der Waals surface area contributed by atoms with Crippen LogP contribution in [-0.4, -0.2) is 23.1 Å². The van der Waals surface area contributed by atoms with Crippen LogP contribution < -0.4 is 0 Å². The van der Waals surface area contributed by atoms with Crippen LogP contribution in [0.3, 0.4) is 0 Å². The molecule has 3 heteroatoms. The SMILES string of the molecule is CCC(=O)c1ccc2c(c1)CN(CCCCl)C2. The van der Waals surface area contributed by atoms with Gasteiger partial charge in [0.05, 0.1) is 0 Å². The molecule has 0 N–H and O–H groups in total. The van der Waals surface area contributed by atoms with E-state index >= 15 is 0 Å². The summed E-state index contributed by atoms with van der Waals surface area (Å²) < 4.78 is 0. The van der Waals surface area contributed by atoms with E-state index in [-0.39, 0.29) is 5.78 Å². The highest BCUT2D eigenvalue weighted by Gasteiger charge is 2.19. The molecule has 1 aliphatic heterocycles. The molecule has 1 aromatic rings. The van der Waals surface area contributed by atoms with Gasteiger partial charge in [0.15, 0.2) is 5.78 Å². The number of hydrogen-bond acceptors (Lipinski definition) is 2. The fourth-order valence-corrected chi connectivity index (χ4v) is 2.40. The minimum atomic E-state index is 0.229. The molecule has 0 aromatic heterocycles. The van der Waals surface area contributed by atoms with Gasteiger partial charge >= 0.3 is 0 Å². The number of benzene rings is 1. The summed E-state index contributed by atoms with van der Waals surface area (Å²) in [4.78, 5) is 14.0. The number of halogens is 1. The van der Waals surface area contributed by atoms with Crippen molar-refractivity contribution < 1.29 is 4.79 Å². The third-order valence-corrected chi connectivity index (χ3v) is 3.51. The molecule has 0 unspecified atom stereocenters. The Balaban J connectivity index is 2.08. The van der Waals surface area contributed by atoms with Gasteiger partial charge in [0.1, 0.15) is 0 Å². The molecule has 0 bridgehead atoms. The Bertz CT molecular complexity index is 417. The normalized spacial score (nSPS) is 14.9. The second kappa shape index (κ2) is 5.65. The van der Waals surface area contributed by atoms with E-state index in [1.807, 2.05) is 13.0 Å². The average molecular weight is 252 g/mol. The average Bonchev–Trinajstić information content (AvgIpc) is 2.76. The smallest absolute Gasteiger partial charge is 0.162 e. The Morgan fingerprint density at radius 2 is 2.12 bits per heavy atom. The molecule has 0 aliphatic carbocycles. The van der Waals surface area contributed by atoms with Gasteiger partial charge < -0.3 is 0 Å². The lowest BCUT2D eigenvalue weighted by atomic mass is 10.0. The van der Waals surface area contributed by atoms with Gasteiger partial charge in [-0.2, -0.15) is 0 Å². The van der Waals surface area contributed by atoms with Gasteiger partial charge in [-0.15, -0.1) is 11.6 Å². The van der Waals surface area contributed by atoms with Crippen LogP contribution in [-0.2, 0) is 13.1 Å². The second-order valence-corrected chi connectivity index (χ2v) is 4.89. The van der Waals surface area contributed by atoms with E-state index in [4.69, 9.17) is 11.6 Å². The Morgan fingerprint density at radius 3 is 2.82 bits per heavy atom. The highest BCUT2D eigenvalue weighted by Crippen LogP contribution is 2.24. The molecule has 92 valence electrons. The Morgan fingerprint density at radius 1 is 1.35 bits per heavy atom. The van der Waals surface area contributed by atoms with E-state index in [1.165, 1.54) is 11.1 Å². The predicted molar refractivity (Wildman–Crippen MR) is 70.5 cm³/mol. The van der Waals surface area contributed by atoms with Crippen molar-refractivity contribution in [2.75, 3.05) is 12.4 Å². The highest BCUT2D eigenvalue weighted by atomic mass is 35.5. The summed E-state index contributed by atoms with van der Waals surface area (Å²) in [5.41, 5.74) is 3.51. The number of ketones is 1. The summed E-state index contributed by atoms with van der Waals surface area (Å²) >= 11 is 5.71. The van der Waals surface area contributed by atoms with Crippen LogP contribution in [0.1, 0.15) is 41.3 Å². The van der Waals surface area contributed by atoms with Crippen LogP contribution >= 0.6 is 11.6 Å². The van der Waals surface area contributed by atoms with Gasteiger partial charge in [-0.3, -0.25) is 9.69 Å². The van der Waals surface area contributed by atoms with E-state index in [2.05, 4.69) is 17.0 Å². The maximum Gasteiger partial charge on any atom is 0.162 e. The molecule has 0 atom stereocenters. The van der Waals surface area contributed by atoms with Crippen molar-refractivity contribution in [1.82, 2.24) is 4.90 Å². The number of rotatable bonds is 5. The van der Waals surface area contributed by atoms with Crippen LogP contribution in [0.5, 0.6) is 0 Å². The molecule has 2 rings (SSSR count). The van der Waals surface area contributed by atoms with Crippen molar-refractivity contribution in [3.05, 3.63) is 34.9 Å². The number of Topliss-reactive ketones (excluding diaryl/α,β-unsaturated/α-hetero) is 1. The summed E-state index contributed by atoms with van der Waals surface area (Å²) in [6.45, 7) is 4.89. The molecular weight excluding hydrogens is 234 g/mol. The van der Waals surface area contributed by atoms with Crippen molar-refractivity contribution in [1.29, 1.82) is 0 Å². The zero-order valence-corrected chi connectivity index (χ0v) is 11.0. The molecule has 0 radical (unpaired) electrons. The number of carbonyl (C=O) groups excluding carboxylic acids is 1. The zero-order chi connectivity index (χ0) is 12.3. The number of carbonyl (C=O) groups is 1. The minimum Gasteiger partial charge on any atom is -0.295 e. The fourth-order valence-electron chi connectivity index (χ4n) is 2.28. The van der Waals surface area contributed by atoms with Gasteiger partial charge in [-0.05, 0) is 30.2 Å². The van der Waals surface area contributed by atoms with E-state index in [0.29, 0.717) is 12.3 Å². The van der Waals surface area contributed by atoms with Crippen molar-refractivity contribution >= 4 is 17.4 Å². The van der Waals surface area contributed by atoms with Crippen LogP contribution in [0.2, 0.25) is 0 Å². The zero-order valence-electron chi connectivity index (χ0n) is 10.2. The highest BCUT2D eigenvalue weighted by molar-refractivity contribution is 6.17. The van der Waals surface area contributed by atoms with Crippen LogP contribution in [0.4, 0.5) is 0 Å². The Kier molecular flexibility index (Phi) is 4.19. The first-order chi connectivity index (χ1) is 8.24. The molecule has 1 aromatic carbocycles. The van der Waals surface area contributed by atoms with Crippen molar-refractivity contribution in [3.63, 3.8) is 0 Å². The molecule has 0 amide bonds.